The molecule has 0 unspecified atom stereocenters. The highest BCUT2D eigenvalue weighted by atomic mass is 16.2. The zero-order valence-electron chi connectivity index (χ0n) is 10.3. The molecule has 4 heteroatoms. The summed E-state index contributed by atoms with van der Waals surface area (Å²) in [6.07, 6.45) is 0. The van der Waals surface area contributed by atoms with Crippen molar-refractivity contribution in [2.75, 3.05) is 13.1 Å². The van der Waals surface area contributed by atoms with Gasteiger partial charge in [-0.1, -0.05) is 34.6 Å². The lowest BCUT2D eigenvalue weighted by Gasteiger charge is -2.29. The van der Waals surface area contributed by atoms with Crippen molar-refractivity contribution in [1.82, 2.24) is 4.90 Å². The second kappa shape index (κ2) is 5.14. The maximum Gasteiger partial charge on any atom is 0.237 e. The maximum atomic E-state index is 12.0. The van der Waals surface area contributed by atoms with Crippen molar-refractivity contribution in [3.05, 3.63) is 0 Å². The van der Waals surface area contributed by atoms with Gasteiger partial charge in [-0.2, -0.15) is 0 Å². The molecule has 0 aromatic carbocycles. The molecule has 0 aromatic heterocycles. The molecule has 2 N–H and O–H groups in total. The summed E-state index contributed by atoms with van der Waals surface area (Å²) in [6.45, 7) is 10.1. The van der Waals surface area contributed by atoms with Crippen LogP contribution in [0.2, 0.25) is 0 Å². The summed E-state index contributed by atoms with van der Waals surface area (Å²) in [7, 11) is 0. The monoisotopic (exact) mass is 214 g/mol. The van der Waals surface area contributed by atoms with E-state index in [0.29, 0.717) is 12.5 Å². The van der Waals surface area contributed by atoms with Gasteiger partial charge in [0.1, 0.15) is 0 Å². The molecule has 0 rings (SSSR count). The summed E-state index contributed by atoms with van der Waals surface area (Å²) >= 11 is 0. The Kier molecular flexibility index (Phi) is 4.78. The van der Waals surface area contributed by atoms with Crippen LogP contribution in [0.3, 0.4) is 0 Å². The van der Waals surface area contributed by atoms with E-state index in [-0.39, 0.29) is 12.5 Å². The third kappa shape index (κ3) is 5.40. The quantitative estimate of drug-likeness (QED) is 0.759. The molecule has 4 nitrogen and oxygen atoms in total. The van der Waals surface area contributed by atoms with Crippen LogP contribution in [0.5, 0.6) is 0 Å². The molecule has 0 saturated carbocycles. The second-order valence-electron chi connectivity index (χ2n) is 5.30. The number of carbonyl (C=O) groups is 2. The number of nitrogens with zero attached hydrogens (tertiary/aromatic N) is 1. The summed E-state index contributed by atoms with van der Waals surface area (Å²) < 4.78 is 0. The Hall–Kier alpha value is -1.06. The van der Waals surface area contributed by atoms with Gasteiger partial charge in [-0.3, -0.25) is 9.59 Å². The lowest BCUT2D eigenvalue weighted by Crippen LogP contribution is -2.45. The SMILES string of the molecule is CC(C)CN(CC(N)=O)C(=O)C(C)(C)C. The molecule has 0 bridgehead atoms. The minimum absolute atomic E-state index is 0.00822. The van der Waals surface area contributed by atoms with Crippen molar-refractivity contribution in [3.8, 4) is 0 Å². The first-order valence-corrected chi connectivity index (χ1v) is 5.22. The van der Waals surface area contributed by atoms with Crippen LogP contribution in [0.25, 0.3) is 0 Å². The zero-order valence-corrected chi connectivity index (χ0v) is 10.3. The van der Waals surface area contributed by atoms with Crippen LogP contribution in [0, 0.1) is 11.3 Å². The Morgan fingerprint density at radius 2 is 1.73 bits per heavy atom. The maximum absolute atomic E-state index is 12.0. The van der Waals surface area contributed by atoms with E-state index in [1.54, 1.807) is 0 Å². The first-order chi connectivity index (χ1) is 6.64. The fourth-order valence-corrected chi connectivity index (χ4v) is 1.32. The van der Waals surface area contributed by atoms with Crippen molar-refractivity contribution < 1.29 is 9.59 Å². The van der Waals surface area contributed by atoms with E-state index in [1.165, 1.54) is 4.90 Å². The molecule has 0 aliphatic carbocycles. The molecular formula is C11H22N2O2. The first-order valence-electron chi connectivity index (χ1n) is 5.22. The number of rotatable bonds is 4. The van der Waals surface area contributed by atoms with Crippen molar-refractivity contribution >= 4 is 11.8 Å². The van der Waals surface area contributed by atoms with Crippen LogP contribution in [0.4, 0.5) is 0 Å². The van der Waals surface area contributed by atoms with Crippen LogP contribution in [-0.4, -0.2) is 29.8 Å². The summed E-state index contributed by atoms with van der Waals surface area (Å²) in [5.74, 6) is -0.168. The second-order valence-corrected chi connectivity index (χ2v) is 5.30. The van der Waals surface area contributed by atoms with Gasteiger partial charge in [0.2, 0.25) is 11.8 Å². The largest absolute Gasteiger partial charge is 0.368 e. The smallest absolute Gasteiger partial charge is 0.237 e. The van der Waals surface area contributed by atoms with Gasteiger partial charge >= 0.3 is 0 Å². The molecular weight excluding hydrogens is 192 g/mol. The van der Waals surface area contributed by atoms with Crippen LogP contribution >= 0.6 is 0 Å². The fourth-order valence-electron chi connectivity index (χ4n) is 1.32. The van der Waals surface area contributed by atoms with E-state index in [2.05, 4.69) is 0 Å². The average Bonchev–Trinajstić information content (AvgIpc) is 1.98. The molecule has 0 radical (unpaired) electrons. The van der Waals surface area contributed by atoms with Gasteiger partial charge in [0, 0.05) is 12.0 Å². The number of amides is 2. The normalized spacial score (nSPS) is 11.6. The molecule has 0 heterocycles. The predicted octanol–water partition coefficient (Wildman–Crippen LogP) is 1.00. The summed E-state index contributed by atoms with van der Waals surface area (Å²) in [4.78, 5) is 24.3. The third-order valence-electron chi connectivity index (χ3n) is 1.86. The summed E-state index contributed by atoms with van der Waals surface area (Å²) in [5.41, 5.74) is 4.65. The van der Waals surface area contributed by atoms with E-state index in [4.69, 9.17) is 5.73 Å². The number of hydrogen-bond acceptors (Lipinski definition) is 2. The molecule has 15 heavy (non-hydrogen) atoms. The van der Waals surface area contributed by atoms with E-state index in [9.17, 15) is 9.59 Å². The number of nitrogens with two attached hydrogens (primary N) is 1. The molecule has 0 spiro atoms. The van der Waals surface area contributed by atoms with Crippen LogP contribution in [0.1, 0.15) is 34.6 Å². The minimum atomic E-state index is -0.468. The first kappa shape index (κ1) is 13.9. The Morgan fingerprint density at radius 3 is 2.00 bits per heavy atom. The van der Waals surface area contributed by atoms with Crippen LogP contribution in [-0.2, 0) is 9.59 Å². The Balaban J connectivity index is 4.62. The Bertz CT molecular complexity index is 241. The van der Waals surface area contributed by atoms with Gasteiger partial charge in [-0.05, 0) is 5.92 Å². The lowest BCUT2D eigenvalue weighted by atomic mass is 9.94. The van der Waals surface area contributed by atoms with E-state index in [0.717, 1.165) is 0 Å². The molecule has 88 valence electrons. The molecule has 2 amide bonds. The Labute approximate surface area is 91.8 Å². The van der Waals surface area contributed by atoms with Gasteiger partial charge in [0.05, 0.1) is 6.54 Å². The minimum Gasteiger partial charge on any atom is -0.368 e. The molecule has 0 atom stereocenters. The zero-order chi connectivity index (χ0) is 12.2. The molecule has 0 aromatic rings. The van der Waals surface area contributed by atoms with Gasteiger partial charge < -0.3 is 10.6 Å². The van der Waals surface area contributed by atoms with Gasteiger partial charge in [-0.15, -0.1) is 0 Å². The van der Waals surface area contributed by atoms with E-state index < -0.39 is 11.3 Å². The Morgan fingerprint density at radius 1 is 1.27 bits per heavy atom. The van der Waals surface area contributed by atoms with E-state index >= 15 is 0 Å². The van der Waals surface area contributed by atoms with E-state index in [1.807, 2.05) is 34.6 Å². The van der Waals surface area contributed by atoms with Gasteiger partial charge in [0.15, 0.2) is 0 Å². The molecule has 0 aliphatic rings. The predicted molar refractivity (Wildman–Crippen MR) is 60.1 cm³/mol. The lowest BCUT2D eigenvalue weighted by molar-refractivity contribution is -0.142. The molecule has 0 fully saturated rings. The van der Waals surface area contributed by atoms with Crippen molar-refractivity contribution in [3.63, 3.8) is 0 Å². The van der Waals surface area contributed by atoms with Gasteiger partial charge in [-0.25, -0.2) is 0 Å². The number of primary amides is 1. The molecule has 0 saturated heterocycles. The van der Waals surface area contributed by atoms with Crippen molar-refractivity contribution in [1.29, 1.82) is 0 Å². The van der Waals surface area contributed by atoms with Gasteiger partial charge in [0.25, 0.3) is 0 Å². The highest BCUT2D eigenvalue weighted by Gasteiger charge is 2.28. The highest BCUT2D eigenvalue weighted by molar-refractivity contribution is 5.86. The third-order valence-corrected chi connectivity index (χ3v) is 1.86. The average molecular weight is 214 g/mol. The van der Waals surface area contributed by atoms with Crippen LogP contribution in [0.15, 0.2) is 0 Å². The molecule has 0 aliphatic heterocycles. The summed E-state index contributed by atoms with van der Waals surface area (Å²) in [5, 5.41) is 0. The standard InChI is InChI=1S/C11H22N2O2/c1-8(2)6-13(7-9(12)14)10(15)11(3,4)5/h8H,6-7H2,1-5H3,(H2,12,14). The highest BCUT2D eigenvalue weighted by Crippen LogP contribution is 2.18. The van der Waals surface area contributed by atoms with Crippen molar-refractivity contribution in [2.24, 2.45) is 17.1 Å². The topological polar surface area (TPSA) is 63.4 Å². The summed E-state index contributed by atoms with van der Waals surface area (Å²) in [6, 6.07) is 0. The van der Waals surface area contributed by atoms with Crippen molar-refractivity contribution in [2.45, 2.75) is 34.6 Å². The number of carbonyl (C=O) groups excluding carboxylic acids is 2. The number of hydrogen-bond donors (Lipinski definition) is 1. The fraction of sp³-hybridized carbons (Fsp3) is 0.818. The van der Waals surface area contributed by atoms with Crippen LogP contribution < -0.4 is 5.73 Å².